The summed E-state index contributed by atoms with van der Waals surface area (Å²) in [5.74, 6) is 1.18. The van der Waals surface area contributed by atoms with Gasteiger partial charge in [0.1, 0.15) is 12.4 Å². The number of rotatable bonds is 7. The minimum absolute atomic E-state index is 0.0640. The molecule has 126 valence electrons. The highest BCUT2D eigenvalue weighted by molar-refractivity contribution is 5.70. The summed E-state index contributed by atoms with van der Waals surface area (Å²) in [5.41, 5.74) is -0.203. The molecule has 0 bridgehead atoms. The van der Waals surface area contributed by atoms with Crippen molar-refractivity contribution in [3.05, 3.63) is 29.8 Å². The molecule has 1 heterocycles. The molecule has 2 aliphatic rings. The number of carbonyl (C=O) groups is 1. The molecule has 0 aromatic heterocycles. The van der Waals surface area contributed by atoms with E-state index >= 15 is 0 Å². The lowest BCUT2D eigenvalue weighted by Gasteiger charge is -2.20. The molecular formula is C18H24FNO3. The fourth-order valence-electron chi connectivity index (χ4n) is 3.20. The van der Waals surface area contributed by atoms with E-state index in [0.717, 1.165) is 18.4 Å². The van der Waals surface area contributed by atoms with Crippen LogP contribution in [-0.2, 0) is 9.53 Å². The molecule has 0 spiro atoms. The number of hydrogen-bond acceptors (Lipinski definition) is 4. The molecule has 1 saturated heterocycles. The second kappa shape index (κ2) is 6.87. The van der Waals surface area contributed by atoms with Crippen molar-refractivity contribution in [3.8, 4) is 5.75 Å². The summed E-state index contributed by atoms with van der Waals surface area (Å²) in [4.78, 5) is 11.6. The van der Waals surface area contributed by atoms with E-state index in [1.807, 2.05) is 24.3 Å². The van der Waals surface area contributed by atoms with Crippen LogP contribution in [0.2, 0.25) is 0 Å². The molecule has 0 radical (unpaired) electrons. The van der Waals surface area contributed by atoms with E-state index < -0.39 is 5.67 Å². The van der Waals surface area contributed by atoms with Gasteiger partial charge in [0.25, 0.3) is 0 Å². The molecule has 2 unspecified atom stereocenters. The summed E-state index contributed by atoms with van der Waals surface area (Å²) < 4.78 is 24.9. The van der Waals surface area contributed by atoms with E-state index in [-0.39, 0.29) is 18.5 Å². The third kappa shape index (κ3) is 4.22. The van der Waals surface area contributed by atoms with Gasteiger partial charge in [-0.2, -0.15) is 0 Å². The van der Waals surface area contributed by atoms with Crippen LogP contribution in [0.3, 0.4) is 0 Å². The van der Waals surface area contributed by atoms with Crippen LogP contribution in [0.15, 0.2) is 24.3 Å². The topological polar surface area (TPSA) is 47.6 Å². The van der Waals surface area contributed by atoms with Gasteiger partial charge in [-0.15, -0.1) is 0 Å². The van der Waals surface area contributed by atoms with Crippen molar-refractivity contribution in [2.75, 3.05) is 26.8 Å². The van der Waals surface area contributed by atoms with Crippen LogP contribution in [0.25, 0.3) is 0 Å². The second-order valence-electron chi connectivity index (χ2n) is 6.66. The number of methoxy groups -OCH3 is 1. The Morgan fingerprint density at radius 3 is 2.96 bits per heavy atom. The van der Waals surface area contributed by atoms with Gasteiger partial charge < -0.3 is 14.8 Å². The van der Waals surface area contributed by atoms with Crippen LogP contribution in [0.5, 0.6) is 5.75 Å². The van der Waals surface area contributed by atoms with E-state index in [0.29, 0.717) is 37.6 Å². The van der Waals surface area contributed by atoms with E-state index in [1.54, 1.807) is 0 Å². The Morgan fingerprint density at radius 2 is 2.30 bits per heavy atom. The van der Waals surface area contributed by atoms with E-state index in [2.05, 4.69) is 5.32 Å². The second-order valence-corrected chi connectivity index (χ2v) is 6.66. The normalized spacial score (nSPS) is 25.1. The number of halogens is 1. The Labute approximate surface area is 136 Å². The summed E-state index contributed by atoms with van der Waals surface area (Å²) in [6.07, 6.45) is 3.17. The first-order valence-corrected chi connectivity index (χ1v) is 8.29. The Balaban J connectivity index is 1.66. The zero-order valence-electron chi connectivity index (χ0n) is 13.5. The summed E-state index contributed by atoms with van der Waals surface area (Å²) >= 11 is 0. The predicted octanol–water partition coefficient (Wildman–Crippen LogP) is 2.82. The average molecular weight is 321 g/mol. The Hall–Kier alpha value is -1.62. The standard InChI is InChI=1S/C18H24FNO3/c1-22-17(21)10-16(13-5-6-13)14-3-2-4-15(9-14)23-12-18(19)7-8-20-11-18/h2-4,9,13,16,20H,5-8,10-12H2,1H3. The van der Waals surface area contributed by atoms with Gasteiger partial charge in [-0.05, 0) is 55.3 Å². The van der Waals surface area contributed by atoms with Crippen LogP contribution in [0, 0.1) is 5.92 Å². The molecule has 1 aromatic rings. The van der Waals surface area contributed by atoms with Gasteiger partial charge in [0, 0.05) is 6.54 Å². The minimum atomic E-state index is -1.28. The molecule has 1 aliphatic carbocycles. The van der Waals surface area contributed by atoms with Crippen LogP contribution < -0.4 is 10.1 Å². The van der Waals surface area contributed by atoms with Gasteiger partial charge in [-0.25, -0.2) is 4.39 Å². The van der Waals surface area contributed by atoms with Crippen LogP contribution in [0.1, 0.15) is 37.2 Å². The number of esters is 1. The van der Waals surface area contributed by atoms with Gasteiger partial charge in [0.05, 0.1) is 13.5 Å². The van der Waals surface area contributed by atoms with Crippen molar-refractivity contribution in [2.24, 2.45) is 5.92 Å². The monoisotopic (exact) mass is 321 g/mol. The van der Waals surface area contributed by atoms with Gasteiger partial charge in [0.2, 0.25) is 0 Å². The third-order valence-corrected chi connectivity index (χ3v) is 4.78. The number of benzene rings is 1. The van der Waals surface area contributed by atoms with Crippen molar-refractivity contribution in [3.63, 3.8) is 0 Å². The fraction of sp³-hybridized carbons (Fsp3) is 0.611. The Bertz CT molecular complexity index is 553. The smallest absolute Gasteiger partial charge is 0.306 e. The van der Waals surface area contributed by atoms with Crippen molar-refractivity contribution in [2.45, 2.75) is 37.3 Å². The minimum Gasteiger partial charge on any atom is -0.490 e. The zero-order valence-corrected chi connectivity index (χ0v) is 13.5. The predicted molar refractivity (Wildman–Crippen MR) is 85.4 cm³/mol. The van der Waals surface area contributed by atoms with Crippen molar-refractivity contribution < 1.29 is 18.7 Å². The van der Waals surface area contributed by atoms with E-state index in [4.69, 9.17) is 9.47 Å². The lowest BCUT2D eigenvalue weighted by molar-refractivity contribution is -0.141. The summed E-state index contributed by atoms with van der Waals surface area (Å²) in [6, 6.07) is 7.71. The Kier molecular flexibility index (Phi) is 4.85. The molecule has 1 aromatic carbocycles. The van der Waals surface area contributed by atoms with Crippen LogP contribution in [0.4, 0.5) is 4.39 Å². The SMILES string of the molecule is COC(=O)CC(c1cccc(OCC2(F)CCNC2)c1)C1CC1. The molecular weight excluding hydrogens is 297 g/mol. The summed E-state index contributed by atoms with van der Waals surface area (Å²) in [7, 11) is 1.42. The highest BCUT2D eigenvalue weighted by atomic mass is 19.1. The first-order valence-electron chi connectivity index (χ1n) is 8.29. The van der Waals surface area contributed by atoms with Crippen LogP contribution in [-0.4, -0.2) is 38.4 Å². The van der Waals surface area contributed by atoms with Gasteiger partial charge >= 0.3 is 5.97 Å². The Morgan fingerprint density at radius 1 is 1.48 bits per heavy atom. The zero-order chi connectivity index (χ0) is 16.3. The maximum Gasteiger partial charge on any atom is 0.306 e. The van der Waals surface area contributed by atoms with Crippen molar-refractivity contribution >= 4 is 5.97 Å². The van der Waals surface area contributed by atoms with E-state index in [9.17, 15) is 9.18 Å². The maximum atomic E-state index is 14.4. The quantitative estimate of drug-likeness (QED) is 0.785. The number of ether oxygens (including phenoxy) is 2. The molecule has 4 nitrogen and oxygen atoms in total. The maximum absolute atomic E-state index is 14.4. The lowest BCUT2D eigenvalue weighted by Crippen LogP contribution is -2.33. The number of carbonyl (C=O) groups excluding carboxylic acids is 1. The average Bonchev–Trinajstić information content (AvgIpc) is 3.32. The molecule has 5 heteroatoms. The highest BCUT2D eigenvalue weighted by Gasteiger charge is 2.35. The molecule has 2 fully saturated rings. The number of alkyl halides is 1. The first-order chi connectivity index (χ1) is 11.1. The molecule has 0 amide bonds. The van der Waals surface area contributed by atoms with Crippen LogP contribution >= 0.6 is 0 Å². The summed E-state index contributed by atoms with van der Waals surface area (Å²) in [5, 5.41) is 3.02. The fourth-order valence-corrected chi connectivity index (χ4v) is 3.20. The molecule has 1 N–H and O–H groups in total. The van der Waals surface area contributed by atoms with E-state index in [1.165, 1.54) is 7.11 Å². The molecule has 1 saturated carbocycles. The number of nitrogens with one attached hydrogen (secondary N) is 1. The third-order valence-electron chi connectivity index (χ3n) is 4.78. The van der Waals surface area contributed by atoms with Gasteiger partial charge in [-0.1, -0.05) is 12.1 Å². The highest BCUT2D eigenvalue weighted by Crippen LogP contribution is 2.45. The van der Waals surface area contributed by atoms with Gasteiger partial charge in [0.15, 0.2) is 5.67 Å². The molecule has 1 aliphatic heterocycles. The lowest BCUT2D eigenvalue weighted by atomic mass is 9.91. The molecule has 2 atom stereocenters. The largest absolute Gasteiger partial charge is 0.490 e. The van der Waals surface area contributed by atoms with Crippen molar-refractivity contribution in [1.29, 1.82) is 0 Å². The molecule has 3 rings (SSSR count). The summed E-state index contributed by atoms with van der Waals surface area (Å²) in [6.45, 7) is 1.11. The number of hydrogen-bond donors (Lipinski definition) is 1. The van der Waals surface area contributed by atoms with Gasteiger partial charge in [-0.3, -0.25) is 4.79 Å². The molecule has 23 heavy (non-hydrogen) atoms. The first kappa shape index (κ1) is 16.2. The van der Waals surface area contributed by atoms with Crippen molar-refractivity contribution in [1.82, 2.24) is 5.32 Å².